The lowest BCUT2D eigenvalue weighted by atomic mass is 10.2. The molecule has 76 valence electrons. The topological polar surface area (TPSA) is 80.4 Å². The van der Waals surface area contributed by atoms with E-state index in [0.717, 1.165) is 11.3 Å². The number of anilines is 1. The average Bonchev–Trinajstić information content (AvgIpc) is 2.42. The molecule has 14 heavy (non-hydrogen) atoms. The highest BCUT2D eigenvalue weighted by molar-refractivity contribution is 8.00. The lowest BCUT2D eigenvalue weighted by Gasteiger charge is -1.95. The predicted molar refractivity (Wildman–Crippen MR) is 57.5 cm³/mol. The van der Waals surface area contributed by atoms with Gasteiger partial charge < -0.3 is 10.8 Å². The third-order valence-corrected chi connectivity index (χ3v) is 4.06. The van der Waals surface area contributed by atoms with Crippen molar-refractivity contribution in [1.29, 1.82) is 0 Å². The van der Waals surface area contributed by atoms with Gasteiger partial charge in [-0.25, -0.2) is 4.79 Å². The van der Waals surface area contributed by atoms with Crippen molar-refractivity contribution in [3.8, 4) is 0 Å². The van der Waals surface area contributed by atoms with Crippen LogP contribution in [-0.2, 0) is 0 Å². The fourth-order valence-corrected chi connectivity index (χ4v) is 2.86. The van der Waals surface area contributed by atoms with E-state index in [1.54, 1.807) is 6.26 Å². The van der Waals surface area contributed by atoms with Gasteiger partial charge in [-0.1, -0.05) is 0 Å². The summed E-state index contributed by atoms with van der Waals surface area (Å²) >= 11 is 2.41. The van der Waals surface area contributed by atoms with E-state index < -0.39 is 5.97 Å². The summed E-state index contributed by atoms with van der Waals surface area (Å²) in [6, 6.07) is 0. The maximum absolute atomic E-state index is 11.1. The number of nitrogens with two attached hydrogens (primary N) is 1. The van der Waals surface area contributed by atoms with Crippen LogP contribution in [0.5, 0.6) is 0 Å². The largest absolute Gasteiger partial charge is 0.478 e. The van der Waals surface area contributed by atoms with Crippen LogP contribution < -0.4 is 5.73 Å². The third-order valence-electron chi connectivity index (χ3n) is 1.63. The van der Waals surface area contributed by atoms with Crippen molar-refractivity contribution in [3.05, 3.63) is 10.4 Å². The van der Waals surface area contributed by atoms with Gasteiger partial charge in [-0.15, -0.1) is 23.1 Å². The van der Waals surface area contributed by atoms with Gasteiger partial charge in [0, 0.05) is 6.92 Å². The Labute approximate surface area is 89.1 Å². The molecule has 1 aromatic rings. The van der Waals surface area contributed by atoms with E-state index in [1.807, 2.05) is 0 Å². The quantitative estimate of drug-likeness (QED) is 0.614. The van der Waals surface area contributed by atoms with Gasteiger partial charge in [0.1, 0.15) is 5.56 Å². The second kappa shape index (κ2) is 4.02. The molecule has 0 aliphatic carbocycles. The zero-order chi connectivity index (χ0) is 10.9. The number of nitrogen functional groups attached to an aromatic ring is 1. The van der Waals surface area contributed by atoms with Gasteiger partial charge in [0.05, 0.1) is 14.8 Å². The predicted octanol–water partition coefficient (Wildman–Crippen LogP) is 1.95. The Bertz CT molecular complexity index is 398. The van der Waals surface area contributed by atoms with Crippen molar-refractivity contribution >= 4 is 40.5 Å². The minimum atomic E-state index is -1.09. The van der Waals surface area contributed by atoms with Crippen LogP contribution in [-0.4, -0.2) is 23.1 Å². The van der Waals surface area contributed by atoms with Crippen LogP contribution in [0.2, 0.25) is 0 Å². The van der Waals surface area contributed by atoms with E-state index in [1.165, 1.54) is 18.7 Å². The standard InChI is InChI=1S/C8H9NO3S2/c1-3(10)6-5(9)4(7(11)12)8(13-2)14-6/h9H2,1-2H3,(H,11,12). The first-order valence-corrected chi connectivity index (χ1v) is 5.73. The molecular formula is C8H9NO3S2. The average molecular weight is 231 g/mol. The van der Waals surface area contributed by atoms with E-state index in [4.69, 9.17) is 10.8 Å². The summed E-state index contributed by atoms with van der Waals surface area (Å²) in [4.78, 5) is 22.3. The Morgan fingerprint density at radius 1 is 1.50 bits per heavy atom. The molecule has 0 aromatic carbocycles. The minimum absolute atomic E-state index is 0.0488. The van der Waals surface area contributed by atoms with Crippen molar-refractivity contribution in [1.82, 2.24) is 0 Å². The maximum Gasteiger partial charge on any atom is 0.339 e. The monoisotopic (exact) mass is 231 g/mol. The number of thiophene rings is 1. The van der Waals surface area contributed by atoms with E-state index in [9.17, 15) is 9.59 Å². The summed E-state index contributed by atoms with van der Waals surface area (Å²) < 4.78 is 0.570. The zero-order valence-corrected chi connectivity index (χ0v) is 9.29. The summed E-state index contributed by atoms with van der Waals surface area (Å²) in [5.41, 5.74) is 5.71. The Kier molecular flexibility index (Phi) is 3.17. The molecular weight excluding hydrogens is 222 g/mol. The van der Waals surface area contributed by atoms with E-state index >= 15 is 0 Å². The van der Waals surface area contributed by atoms with Gasteiger partial charge in [0.25, 0.3) is 0 Å². The molecule has 0 unspecified atom stereocenters. The van der Waals surface area contributed by atoms with Gasteiger partial charge in [0.15, 0.2) is 5.78 Å². The molecule has 0 saturated heterocycles. The van der Waals surface area contributed by atoms with Crippen molar-refractivity contribution in [2.75, 3.05) is 12.0 Å². The number of carbonyl (C=O) groups is 2. The summed E-state index contributed by atoms with van der Waals surface area (Å²) in [6.07, 6.45) is 1.75. The number of Topliss-reactive ketones (excluding diaryl/α,β-unsaturated/α-hetero) is 1. The first kappa shape index (κ1) is 11.1. The molecule has 0 fully saturated rings. The zero-order valence-electron chi connectivity index (χ0n) is 7.66. The molecule has 0 amide bonds. The van der Waals surface area contributed by atoms with E-state index in [-0.39, 0.29) is 17.0 Å². The summed E-state index contributed by atoms with van der Waals surface area (Å²) in [5.74, 6) is -1.29. The fourth-order valence-electron chi connectivity index (χ4n) is 1.03. The number of hydrogen-bond acceptors (Lipinski definition) is 5. The van der Waals surface area contributed by atoms with Crippen LogP contribution in [0.25, 0.3) is 0 Å². The number of aromatic carboxylic acids is 1. The van der Waals surface area contributed by atoms with Gasteiger partial charge >= 0.3 is 5.97 Å². The number of thioether (sulfide) groups is 1. The van der Waals surface area contributed by atoms with Gasteiger partial charge in [-0.3, -0.25) is 4.79 Å². The Hall–Kier alpha value is -1.01. The Morgan fingerprint density at radius 2 is 2.07 bits per heavy atom. The fraction of sp³-hybridized carbons (Fsp3) is 0.250. The van der Waals surface area contributed by atoms with Crippen molar-refractivity contribution in [2.24, 2.45) is 0 Å². The Morgan fingerprint density at radius 3 is 2.36 bits per heavy atom. The highest BCUT2D eigenvalue weighted by Gasteiger charge is 2.22. The molecule has 0 spiro atoms. The van der Waals surface area contributed by atoms with Crippen LogP contribution in [0.3, 0.4) is 0 Å². The van der Waals surface area contributed by atoms with Crippen molar-refractivity contribution in [3.63, 3.8) is 0 Å². The number of carbonyl (C=O) groups excluding carboxylic acids is 1. The summed E-state index contributed by atoms with van der Waals surface area (Å²) in [7, 11) is 0. The van der Waals surface area contributed by atoms with Crippen LogP contribution in [0, 0.1) is 0 Å². The molecule has 3 N–H and O–H groups in total. The number of hydrogen-bond donors (Lipinski definition) is 2. The summed E-state index contributed by atoms with van der Waals surface area (Å²) in [6.45, 7) is 1.37. The molecule has 0 atom stereocenters. The first-order chi connectivity index (χ1) is 6.49. The number of carboxylic acids is 1. The molecule has 1 aromatic heterocycles. The highest BCUT2D eigenvalue weighted by atomic mass is 32.2. The van der Waals surface area contributed by atoms with Crippen LogP contribution in [0.1, 0.15) is 27.0 Å². The van der Waals surface area contributed by atoms with E-state index in [0.29, 0.717) is 9.09 Å². The van der Waals surface area contributed by atoms with Gasteiger partial charge in [-0.05, 0) is 6.26 Å². The van der Waals surface area contributed by atoms with Gasteiger partial charge in [-0.2, -0.15) is 0 Å². The minimum Gasteiger partial charge on any atom is -0.478 e. The van der Waals surface area contributed by atoms with Crippen molar-refractivity contribution in [2.45, 2.75) is 11.1 Å². The number of ketones is 1. The molecule has 0 bridgehead atoms. The first-order valence-electron chi connectivity index (χ1n) is 3.69. The molecule has 4 nitrogen and oxygen atoms in total. The molecule has 6 heteroatoms. The lowest BCUT2D eigenvalue weighted by Crippen LogP contribution is -2.03. The normalized spacial score (nSPS) is 10.1. The maximum atomic E-state index is 11.1. The number of carboxylic acid groups (broad SMARTS) is 1. The molecule has 1 heterocycles. The second-order valence-electron chi connectivity index (χ2n) is 2.57. The molecule has 0 radical (unpaired) electrons. The van der Waals surface area contributed by atoms with Crippen LogP contribution in [0.4, 0.5) is 5.69 Å². The van der Waals surface area contributed by atoms with Gasteiger partial charge in [0.2, 0.25) is 0 Å². The Balaban J connectivity index is 3.40. The third kappa shape index (κ3) is 1.76. The lowest BCUT2D eigenvalue weighted by molar-refractivity contribution is 0.0695. The molecule has 0 saturated carbocycles. The molecule has 1 rings (SSSR count). The van der Waals surface area contributed by atoms with Crippen LogP contribution in [0.15, 0.2) is 4.21 Å². The SMILES string of the molecule is CSc1sc(C(C)=O)c(N)c1C(=O)O. The van der Waals surface area contributed by atoms with Crippen LogP contribution >= 0.6 is 23.1 Å². The highest BCUT2D eigenvalue weighted by Crippen LogP contribution is 2.37. The molecule has 0 aliphatic rings. The molecule has 0 aliphatic heterocycles. The number of rotatable bonds is 3. The summed E-state index contributed by atoms with van der Waals surface area (Å²) in [5, 5.41) is 8.87. The second-order valence-corrected chi connectivity index (χ2v) is 4.67. The smallest absolute Gasteiger partial charge is 0.339 e. The van der Waals surface area contributed by atoms with E-state index in [2.05, 4.69) is 0 Å². The van der Waals surface area contributed by atoms with Crippen molar-refractivity contribution < 1.29 is 14.7 Å².